The van der Waals surface area contributed by atoms with Gasteiger partial charge < -0.3 is 26.2 Å². The first kappa shape index (κ1) is 21.8. The van der Waals surface area contributed by atoms with Gasteiger partial charge in [0.05, 0.1) is 29.2 Å². The highest BCUT2D eigenvalue weighted by molar-refractivity contribution is 5.68. The summed E-state index contributed by atoms with van der Waals surface area (Å²) in [4.78, 5) is 20.1. The molecule has 0 aromatic carbocycles. The molecule has 3 atom stereocenters. The molecule has 2 aliphatic carbocycles. The van der Waals surface area contributed by atoms with Crippen molar-refractivity contribution in [2.24, 2.45) is 0 Å². The highest BCUT2D eigenvalue weighted by atomic mass is 16.4. The molecule has 0 saturated heterocycles. The molecule has 1 saturated carbocycles. The lowest BCUT2D eigenvalue weighted by atomic mass is 9.83. The molecule has 168 valence electrons. The molecule has 2 aromatic rings. The van der Waals surface area contributed by atoms with Gasteiger partial charge in [0.15, 0.2) is 5.69 Å². The van der Waals surface area contributed by atoms with Gasteiger partial charge in [-0.15, -0.1) is 0 Å². The van der Waals surface area contributed by atoms with E-state index in [1.165, 1.54) is 0 Å². The summed E-state index contributed by atoms with van der Waals surface area (Å²) in [5.41, 5.74) is 2.30. The number of nitrogens with zero attached hydrogens (tertiary/aromatic N) is 3. The zero-order chi connectivity index (χ0) is 22.7. The quantitative estimate of drug-likeness (QED) is 0.478. The van der Waals surface area contributed by atoms with Crippen molar-refractivity contribution >= 4 is 23.3 Å². The van der Waals surface area contributed by atoms with Gasteiger partial charge in [-0.2, -0.15) is 5.26 Å². The van der Waals surface area contributed by atoms with Crippen LogP contribution >= 0.6 is 0 Å². The third-order valence-corrected chi connectivity index (χ3v) is 6.31. The zero-order valence-electron chi connectivity index (χ0n) is 18.1. The van der Waals surface area contributed by atoms with Crippen molar-refractivity contribution in [3.05, 3.63) is 41.3 Å². The Morgan fingerprint density at radius 1 is 1.25 bits per heavy atom. The monoisotopic (exact) mass is 436 g/mol. The van der Waals surface area contributed by atoms with Gasteiger partial charge in [-0.05, 0) is 51.2 Å². The maximum atomic E-state index is 11.1. The van der Waals surface area contributed by atoms with Crippen LogP contribution in [-0.2, 0) is 12.0 Å². The van der Waals surface area contributed by atoms with E-state index in [-0.39, 0.29) is 17.8 Å². The SMILES string of the molecule is CC1(O)CCCc2nc(Nc3cc(NC4CCCCC4NC(=O)O)cnc3C#N)ccc21. The number of pyridine rings is 2. The summed E-state index contributed by atoms with van der Waals surface area (Å²) in [7, 11) is 0. The Hall–Kier alpha value is -3.38. The lowest BCUT2D eigenvalue weighted by molar-refractivity contribution is 0.0379. The van der Waals surface area contributed by atoms with E-state index in [0.717, 1.165) is 49.8 Å². The predicted octanol–water partition coefficient (Wildman–Crippen LogP) is 3.63. The summed E-state index contributed by atoms with van der Waals surface area (Å²) >= 11 is 0. The molecule has 5 N–H and O–H groups in total. The summed E-state index contributed by atoms with van der Waals surface area (Å²) in [6.45, 7) is 1.81. The average molecular weight is 437 g/mol. The number of carbonyl (C=O) groups is 1. The molecule has 9 heteroatoms. The van der Waals surface area contributed by atoms with Crippen LogP contribution in [0.25, 0.3) is 0 Å². The second-order valence-corrected chi connectivity index (χ2v) is 8.77. The van der Waals surface area contributed by atoms with E-state index in [2.05, 4.69) is 32.0 Å². The summed E-state index contributed by atoms with van der Waals surface area (Å²) < 4.78 is 0. The minimum Gasteiger partial charge on any atom is -0.465 e. The largest absolute Gasteiger partial charge is 0.465 e. The van der Waals surface area contributed by atoms with Crippen LogP contribution < -0.4 is 16.0 Å². The third-order valence-electron chi connectivity index (χ3n) is 6.31. The van der Waals surface area contributed by atoms with Crippen LogP contribution in [-0.4, -0.2) is 38.4 Å². The molecule has 0 spiro atoms. The highest BCUT2D eigenvalue weighted by Crippen LogP contribution is 2.35. The first-order chi connectivity index (χ1) is 15.4. The Balaban J connectivity index is 1.55. The van der Waals surface area contributed by atoms with E-state index in [0.29, 0.717) is 23.6 Å². The molecule has 0 radical (unpaired) electrons. The number of nitriles is 1. The van der Waals surface area contributed by atoms with Gasteiger partial charge in [0.2, 0.25) is 0 Å². The Bertz CT molecular complexity index is 1050. The number of nitrogens with one attached hydrogen (secondary N) is 3. The fourth-order valence-corrected chi connectivity index (χ4v) is 4.70. The number of amides is 1. The topological polar surface area (TPSA) is 143 Å². The van der Waals surface area contributed by atoms with Crippen LogP contribution in [0.5, 0.6) is 0 Å². The van der Waals surface area contributed by atoms with Crippen molar-refractivity contribution in [2.45, 2.75) is 69.6 Å². The molecular weight excluding hydrogens is 408 g/mol. The molecule has 0 bridgehead atoms. The number of aromatic nitrogens is 2. The lowest BCUT2D eigenvalue weighted by Crippen LogP contribution is -2.48. The lowest BCUT2D eigenvalue weighted by Gasteiger charge is -2.32. The van der Waals surface area contributed by atoms with Crippen LogP contribution in [0.1, 0.15) is 62.4 Å². The molecule has 1 fully saturated rings. The number of hydrogen-bond donors (Lipinski definition) is 5. The predicted molar refractivity (Wildman–Crippen MR) is 120 cm³/mol. The summed E-state index contributed by atoms with van der Waals surface area (Å²) in [5, 5.41) is 38.4. The van der Waals surface area contributed by atoms with Gasteiger partial charge in [-0.1, -0.05) is 18.9 Å². The Morgan fingerprint density at radius 3 is 2.78 bits per heavy atom. The number of hydrogen-bond acceptors (Lipinski definition) is 7. The first-order valence-electron chi connectivity index (χ1n) is 11.0. The van der Waals surface area contributed by atoms with E-state index in [9.17, 15) is 15.2 Å². The van der Waals surface area contributed by atoms with Crippen LogP contribution in [0, 0.1) is 11.3 Å². The Labute approximate surface area is 186 Å². The number of aliphatic hydroxyl groups is 1. The second-order valence-electron chi connectivity index (χ2n) is 8.77. The van der Waals surface area contributed by atoms with Crippen LogP contribution in [0.15, 0.2) is 24.4 Å². The van der Waals surface area contributed by atoms with Crippen molar-refractivity contribution in [1.82, 2.24) is 15.3 Å². The average Bonchev–Trinajstić information content (AvgIpc) is 2.75. The number of anilines is 3. The van der Waals surface area contributed by atoms with E-state index in [1.807, 2.05) is 13.0 Å². The van der Waals surface area contributed by atoms with Crippen LogP contribution in [0.3, 0.4) is 0 Å². The van der Waals surface area contributed by atoms with Gasteiger partial charge in [-0.25, -0.2) is 14.8 Å². The third kappa shape index (κ3) is 4.75. The zero-order valence-corrected chi connectivity index (χ0v) is 18.1. The fraction of sp³-hybridized carbons (Fsp3) is 0.478. The van der Waals surface area contributed by atoms with E-state index >= 15 is 0 Å². The molecule has 1 amide bonds. The Morgan fingerprint density at radius 2 is 2.03 bits per heavy atom. The molecule has 3 unspecified atom stereocenters. The van der Waals surface area contributed by atoms with Gasteiger partial charge in [0.1, 0.15) is 11.9 Å². The highest BCUT2D eigenvalue weighted by Gasteiger charge is 2.30. The van der Waals surface area contributed by atoms with Crippen LogP contribution in [0.2, 0.25) is 0 Å². The number of rotatable bonds is 5. The minimum absolute atomic E-state index is 0.0495. The second kappa shape index (κ2) is 9.01. The minimum atomic E-state index is -1.03. The molecule has 2 heterocycles. The van der Waals surface area contributed by atoms with Gasteiger partial charge in [0, 0.05) is 17.3 Å². The van der Waals surface area contributed by atoms with E-state index in [4.69, 9.17) is 5.11 Å². The summed E-state index contributed by atoms with van der Waals surface area (Å²) in [6, 6.07) is 7.36. The van der Waals surface area contributed by atoms with Crippen molar-refractivity contribution in [1.29, 1.82) is 5.26 Å². The smallest absolute Gasteiger partial charge is 0.404 e. The van der Waals surface area contributed by atoms with Gasteiger partial charge in [-0.3, -0.25) is 0 Å². The normalized spacial score (nSPS) is 24.7. The summed E-state index contributed by atoms with van der Waals surface area (Å²) in [5.74, 6) is 0.583. The molecule has 2 aromatic heterocycles. The summed E-state index contributed by atoms with van der Waals surface area (Å²) in [6.07, 6.45) is 6.57. The van der Waals surface area contributed by atoms with Gasteiger partial charge in [0.25, 0.3) is 0 Å². The maximum Gasteiger partial charge on any atom is 0.404 e. The molecule has 4 rings (SSSR count). The van der Waals surface area contributed by atoms with Gasteiger partial charge >= 0.3 is 6.09 Å². The first-order valence-corrected chi connectivity index (χ1v) is 11.0. The van der Waals surface area contributed by atoms with Crippen molar-refractivity contribution in [3.63, 3.8) is 0 Å². The van der Waals surface area contributed by atoms with E-state index < -0.39 is 11.7 Å². The Kier molecular flexibility index (Phi) is 6.15. The number of aryl methyl sites for hydroxylation is 1. The van der Waals surface area contributed by atoms with E-state index in [1.54, 1.807) is 18.3 Å². The molecule has 32 heavy (non-hydrogen) atoms. The van der Waals surface area contributed by atoms with Crippen molar-refractivity contribution in [2.75, 3.05) is 10.6 Å². The van der Waals surface area contributed by atoms with Crippen molar-refractivity contribution in [3.8, 4) is 6.07 Å². The number of carboxylic acid groups (broad SMARTS) is 1. The van der Waals surface area contributed by atoms with Crippen molar-refractivity contribution < 1.29 is 15.0 Å². The molecule has 9 nitrogen and oxygen atoms in total. The molecule has 0 aliphatic heterocycles. The van der Waals surface area contributed by atoms with Crippen LogP contribution in [0.4, 0.5) is 22.0 Å². The fourth-order valence-electron chi connectivity index (χ4n) is 4.70. The standard InChI is InChI=1S/C23H28N6O3/c1-23(32)10-4-7-16-15(23)8-9-21(27-16)28-19-11-14(13-25-20(19)12-24)26-17-5-2-3-6-18(17)29-22(30)31/h8-9,11,13,17-18,26,29,32H,2-7,10H2,1H3,(H,27,28)(H,30,31). The molecular formula is C23H28N6O3. The molecule has 2 aliphatic rings. The maximum absolute atomic E-state index is 11.1. The number of fused-ring (bicyclic) bond motifs is 1.